The molecule has 0 N–H and O–H groups in total. The van der Waals surface area contributed by atoms with Gasteiger partial charge in [0.15, 0.2) is 0 Å². The van der Waals surface area contributed by atoms with Gasteiger partial charge in [0.25, 0.3) is 0 Å². The minimum Gasteiger partial charge on any atom is -0.290 e. The Bertz CT molecular complexity index is 413. The van der Waals surface area contributed by atoms with Gasteiger partial charge in [-0.05, 0) is 25.7 Å². The van der Waals surface area contributed by atoms with Crippen molar-refractivity contribution in [1.82, 2.24) is 14.9 Å². The van der Waals surface area contributed by atoms with Gasteiger partial charge in [0.05, 0.1) is 5.69 Å². The predicted octanol–water partition coefficient (Wildman–Crippen LogP) is 2.09. The van der Waals surface area contributed by atoms with Crippen LogP contribution in [0.25, 0.3) is 0 Å². The molecule has 0 amide bonds. The Morgan fingerprint density at radius 3 is 2.88 bits per heavy atom. The van der Waals surface area contributed by atoms with Crippen LogP contribution in [0.5, 0.6) is 0 Å². The number of nitrogens with zero attached hydrogens (tertiary/aromatic N) is 3. The Balaban J connectivity index is 1.74. The number of rotatable bonds is 1. The molecule has 3 nitrogen and oxygen atoms in total. The normalized spacial score (nSPS) is 33.5. The standard InChI is InChI=1S/C13H17N3/c1-2-9(3-1)16-10-4-5-13(16)11-7-14-8-15-12(11)6-10/h7-10,13H,1-6H2. The van der Waals surface area contributed by atoms with Crippen molar-refractivity contribution in [3.63, 3.8) is 0 Å². The number of hydrogen-bond acceptors (Lipinski definition) is 3. The van der Waals surface area contributed by atoms with Gasteiger partial charge in [-0.25, -0.2) is 9.97 Å². The SMILES string of the molecule is c1ncc2c(n1)CC1CCC2N1C1CCC1. The highest BCUT2D eigenvalue weighted by atomic mass is 15.3. The molecule has 4 rings (SSSR count). The van der Waals surface area contributed by atoms with Crippen LogP contribution in [0, 0.1) is 0 Å². The third-order valence-corrected chi connectivity index (χ3v) is 4.67. The van der Waals surface area contributed by atoms with E-state index >= 15 is 0 Å². The Morgan fingerprint density at radius 2 is 2.06 bits per heavy atom. The second-order valence-corrected chi connectivity index (χ2v) is 5.41. The second kappa shape index (κ2) is 3.27. The fourth-order valence-corrected chi connectivity index (χ4v) is 3.70. The van der Waals surface area contributed by atoms with Crippen LogP contribution < -0.4 is 0 Å². The highest BCUT2D eigenvalue weighted by Gasteiger charge is 2.44. The van der Waals surface area contributed by atoms with Gasteiger partial charge in [-0.2, -0.15) is 0 Å². The van der Waals surface area contributed by atoms with E-state index in [2.05, 4.69) is 21.1 Å². The summed E-state index contributed by atoms with van der Waals surface area (Å²) < 4.78 is 0. The molecule has 1 aromatic rings. The van der Waals surface area contributed by atoms with E-state index in [0.717, 1.165) is 18.5 Å². The van der Waals surface area contributed by atoms with Crippen LogP contribution in [0.3, 0.4) is 0 Å². The Labute approximate surface area is 95.9 Å². The average Bonchev–Trinajstić information content (AvgIpc) is 2.54. The molecule has 1 saturated carbocycles. The van der Waals surface area contributed by atoms with Crippen molar-refractivity contribution in [1.29, 1.82) is 0 Å². The van der Waals surface area contributed by atoms with Crippen LogP contribution in [0.1, 0.15) is 49.4 Å². The molecule has 2 aliphatic heterocycles. The first kappa shape index (κ1) is 9.11. The number of aromatic nitrogens is 2. The largest absolute Gasteiger partial charge is 0.290 e. The third-order valence-electron chi connectivity index (χ3n) is 4.67. The molecule has 16 heavy (non-hydrogen) atoms. The molecule has 1 aromatic heterocycles. The summed E-state index contributed by atoms with van der Waals surface area (Å²) in [6, 6.07) is 2.28. The highest BCUT2D eigenvalue weighted by Crippen LogP contribution is 2.47. The lowest BCUT2D eigenvalue weighted by Crippen LogP contribution is -2.47. The fourth-order valence-electron chi connectivity index (χ4n) is 3.70. The van der Waals surface area contributed by atoms with Crippen LogP contribution in [0.15, 0.2) is 12.5 Å². The molecule has 1 saturated heterocycles. The number of fused-ring (bicyclic) bond motifs is 4. The van der Waals surface area contributed by atoms with Crippen LogP contribution in [-0.2, 0) is 6.42 Å². The van der Waals surface area contributed by atoms with Crippen molar-refractivity contribution in [2.24, 2.45) is 0 Å². The maximum Gasteiger partial charge on any atom is 0.115 e. The third kappa shape index (κ3) is 1.12. The van der Waals surface area contributed by atoms with E-state index in [-0.39, 0.29) is 0 Å². The predicted molar refractivity (Wildman–Crippen MR) is 61.0 cm³/mol. The lowest BCUT2D eigenvalue weighted by atomic mass is 9.87. The Kier molecular flexibility index (Phi) is 1.86. The van der Waals surface area contributed by atoms with Gasteiger partial charge in [-0.1, -0.05) is 6.42 Å². The maximum atomic E-state index is 4.46. The molecule has 1 aliphatic carbocycles. The van der Waals surface area contributed by atoms with Crippen LogP contribution in [0.4, 0.5) is 0 Å². The van der Waals surface area contributed by atoms with E-state index < -0.39 is 0 Å². The van der Waals surface area contributed by atoms with Crippen LogP contribution in [0.2, 0.25) is 0 Å². The van der Waals surface area contributed by atoms with Crippen LogP contribution >= 0.6 is 0 Å². The Hall–Kier alpha value is -0.960. The van der Waals surface area contributed by atoms with E-state index in [4.69, 9.17) is 0 Å². The average molecular weight is 215 g/mol. The van der Waals surface area contributed by atoms with Gasteiger partial charge >= 0.3 is 0 Å². The summed E-state index contributed by atoms with van der Waals surface area (Å²) >= 11 is 0. The minimum atomic E-state index is 0.639. The maximum absolute atomic E-state index is 4.46. The van der Waals surface area contributed by atoms with Crippen molar-refractivity contribution in [2.45, 2.75) is 56.7 Å². The summed E-state index contributed by atoms with van der Waals surface area (Å²) in [5.41, 5.74) is 2.74. The zero-order chi connectivity index (χ0) is 10.5. The van der Waals surface area contributed by atoms with E-state index in [1.807, 2.05) is 0 Å². The number of hydrogen-bond donors (Lipinski definition) is 0. The van der Waals surface area contributed by atoms with Crippen molar-refractivity contribution in [3.05, 3.63) is 23.8 Å². The van der Waals surface area contributed by atoms with Gasteiger partial charge in [0.1, 0.15) is 6.33 Å². The molecule has 2 unspecified atom stereocenters. The fraction of sp³-hybridized carbons (Fsp3) is 0.692. The first-order chi connectivity index (χ1) is 7.93. The van der Waals surface area contributed by atoms with Gasteiger partial charge in [0.2, 0.25) is 0 Å². The highest BCUT2D eigenvalue weighted by molar-refractivity contribution is 5.28. The summed E-state index contributed by atoms with van der Waals surface area (Å²) in [6.07, 6.45) is 11.9. The van der Waals surface area contributed by atoms with E-state index in [9.17, 15) is 0 Å². The van der Waals surface area contributed by atoms with Gasteiger partial charge in [0, 0.05) is 36.3 Å². The van der Waals surface area contributed by atoms with E-state index in [0.29, 0.717) is 6.04 Å². The molecule has 3 aliphatic rings. The first-order valence-electron chi connectivity index (χ1n) is 6.49. The first-order valence-corrected chi connectivity index (χ1v) is 6.49. The zero-order valence-corrected chi connectivity index (χ0v) is 9.47. The molecule has 2 fully saturated rings. The van der Waals surface area contributed by atoms with Crippen molar-refractivity contribution < 1.29 is 0 Å². The molecule has 2 bridgehead atoms. The quantitative estimate of drug-likeness (QED) is 0.718. The minimum absolute atomic E-state index is 0.639. The molecule has 0 aromatic carbocycles. The zero-order valence-electron chi connectivity index (χ0n) is 9.47. The van der Waals surface area contributed by atoms with Crippen molar-refractivity contribution >= 4 is 0 Å². The summed E-state index contributed by atoms with van der Waals surface area (Å²) in [5, 5.41) is 0. The lowest BCUT2D eigenvalue weighted by molar-refractivity contribution is 0.0636. The summed E-state index contributed by atoms with van der Waals surface area (Å²) in [5.74, 6) is 0. The van der Waals surface area contributed by atoms with Gasteiger partial charge < -0.3 is 0 Å². The smallest absolute Gasteiger partial charge is 0.115 e. The van der Waals surface area contributed by atoms with Crippen LogP contribution in [-0.4, -0.2) is 27.0 Å². The molecule has 0 radical (unpaired) electrons. The van der Waals surface area contributed by atoms with E-state index in [1.165, 1.54) is 43.4 Å². The Morgan fingerprint density at radius 1 is 1.12 bits per heavy atom. The monoisotopic (exact) mass is 215 g/mol. The lowest BCUT2D eigenvalue weighted by Gasteiger charge is -2.45. The summed E-state index contributed by atoms with van der Waals surface area (Å²) in [4.78, 5) is 11.5. The van der Waals surface area contributed by atoms with Gasteiger partial charge in [-0.3, -0.25) is 4.90 Å². The molecule has 3 heteroatoms. The molecule has 0 spiro atoms. The van der Waals surface area contributed by atoms with Crippen molar-refractivity contribution in [2.75, 3.05) is 0 Å². The molecular weight excluding hydrogens is 198 g/mol. The summed E-state index contributed by atoms with van der Waals surface area (Å²) in [7, 11) is 0. The molecule has 84 valence electrons. The van der Waals surface area contributed by atoms with Crippen molar-refractivity contribution in [3.8, 4) is 0 Å². The topological polar surface area (TPSA) is 29.0 Å². The van der Waals surface area contributed by atoms with Gasteiger partial charge in [-0.15, -0.1) is 0 Å². The molecule has 3 heterocycles. The van der Waals surface area contributed by atoms with E-state index in [1.54, 1.807) is 6.33 Å². The second-order valence-electron chi connectivity index (χ2n) is 5.41. The molecular formula is C13H17N3. The molecule has 2 atom stereocenters. The summed E-state index contributed by atoms with van der Waals surface area (Å²) in [6.45, 7) is 0.